The molecular weight excluding hydrogens is 214 g/mol. The van der Waals surface area contributed by atoms with E-state index >= 15 is 0 Å². The Kier molecular flexibility index (Phi) is 3.64. The summed E-state index contributed by atoms with van der Waals surface area (Å²) < 4.78 is 7.40. The second kappa shape index (κ2) is 5.19. The monoisotopic (exact) mass is 233 g/mol. The van der Waals surface area contributed by atoms with Crippen molar-refractivity contribution in [2.45, 2.75) is 26.3 Å². The van der Waals surface area contributed by atoms with Gasteiger partial charge in [-0.1, -0.05) is 6.92 Å². The van der Waals surface area contributed by atoms with Crippen LogP contribution in [0.2, 0.25) is 0 Å². The Morgan fingerprint density at radius 2 is 2.35 bits per heavy atom. The van der Waals surface area contributed by atoms with E-state index in [0.29, 0.717) is 0 Å². The Bertz CT molecular complexity index is 472. The number of nitrogens with one attached hydrogen (secondary N) is 1. The molecule has 0 spiro atoms. The zero-order valence-electron chi connectivity index (χ0n) is 10.6. The fourth-order valence-corrected chi connectivity index (χ4v) is 1.92. The van der Waals surface area contributed by atoms with E-state index in [1.807, 2.05) is 30.2 Å². The van der Waals surface area contributed by atoms with Gasteiger partial charge in [0.2, 0.25) is 0 Å². The Labute approximate surface area is 102 Å². The van der Waals surface area contributed by atoms with Crippen molar-refractivity contribution in [3.05, 3.63) is 41.6 Å². The van der Waals surface area contributed by atoms with Crippen LogP contribution >= 0.6 is 0 Å². The summed E-state index contributed by atoms with van der Waals surface area (Å²) in [5.74, 6) is 0.978. The topological polar surface area (TPSA) is 43.0 Å². The number of furan rings is 1. The van der Waals surface area contributed by atoms with E-state index in [2.05, 4.69) is 24.3 Å². The maximum Gasteiger partial charge on any atom is 0.128 e. The van der Waals surface area contributed by atoms with Crippen LogP contribution in [-0.2, 0) is 7.05 Å². The molecule has 0 bridgehead atoms. The second-order valence-electron chi connectivity index (χ2n) is 4.30. The lowest BCUT2D eigenvalue weighted by Crippen LogP contribution is -2.23. The molecule has 0 fully saturated rings. The molecule has 4 heteroatoms. The van der Waals surface area contributed by atoms with Crippen molar-refractivity contribution in [3.8, 4) is 0 Å². The molecule has 1 atom stereocenters. The number of nitrogens with zero attached hydrogens (tertiary/aromatic N) is 2. The first-order valence-electron chi connectivity index (χ1n) is 5.98. The van der Waals surface area contributed by atoms with Crippen LogP contribution in [0.3, 0.4) is 0 Å². The SMILES string of the molecule is CCCNC(c1cnn(C)c1)c1occc1C. The molecule has 0 aromatic carbocycles. The average molecular weight is 233 g/mol. The van der Waals surface area contributed by atoms with Crippen molar-refractivity contribution in [2.75, 3.05) is 6.54 Å². The Balaban J connectivity index is 2.28. The number of hydrogen-bond donors (Lipinski definition) is 1. The highest BCUT2D eigenvalue weighted by Crippen LogP contribution is 2.25. The second-order valence-corrected chi connectivity index (χ2v) is 4.30. The van der Waals surface area contributed by atoms with Crippen LogP contribution in [0, 0.1) is 6.92 Å². The van der Waals surface area contributed by atoms with Crippen molar-refractivity contribution in [3.63, 3.8) is 0 Å². The van der Waals surface area contributed by atoms with Gasteiger partial charge < -0.3 is 9.73 Å². The standard InChI is InChI=1S/C13H19N3O/c1-4-6-14-12(11-8-15-16(3)9-11)13-10(2)5-7-17-13/h5,7-9,12,14H,4,6H2,1-3H3. The van der Waals surface area contributed by atoms with Gasteiger partial charge in [0, 0.05) is 18.8 Å². The van der Waals surface area contributed by atoms with Gasteiger partial charge >= 0.3 is 0 Å². The van der Waals surface area contributed by atoms with E-state index in [4.69, 9.17) is 4.42 Å². The van der Waals surface area contributed by atoms with Gasteiger partial charge in [-0.3, -0.25) is 4.68 Å². The number of aryl methyl sites for hydroxylation is 2. The van der Waals surface area contributed by atoms with Gasteiger partial charge in [-0.2, -0.15) is 5.10 Å². The molecule has 0 amide bonds. The zero-order valence-corrected chi connectivity index (χ0v) is 10.6. The molecule has 2 heterocycles. The highest BCUT2D eigenvalue weighted by Gasteiger charge is 2.19. The summed E-state index contributed by atoms with van der Waals surface area (Å²) in [5, 5.41) is 7.72. The van der Waals surface area contributed by atoms with Crippen LogP contribution in [-0.4, -0.2) is 16.3 Å². The van der Waals surface area contributed by atoms with Crippen LogP contribution in [0.1, 0.15) is 36.3 Å². The lowest BCUT2D eigenvalue weighted by molar-refractivity contribution is 0.444. The first kappa shape index (κ1) is 11.9. The highest BCUT2D eigenvalue weighted by molar-refractivity contribution is 5.27. The molecule has 0 saturated heterocycles. The van der Waals surface area contributed by atoms with E-state index < -0.39 is 0 Å². The normalized spacial score (nSPS) is 12.9. The summed E-state index contributed by atoms with van der Waals surface area (Å²) in [7, 11) is 1.93. The lowest BCUT2D eigenvalue weighted by atomic mass is 10.1. The van der Waals surface area contributed by atoms with Gasteiger partial charge in [0.15, 0.2) is 0 Å². The third-order valence-corrected chi connectivity index (χ3v) is 2.82. The summed E-state index contributed by atoms with van der Waals surface area (Å²) in [6.07, 6.45) is 6.74. The van der Waals surface area contributed by atoms with E-state index in [-0.39, 0.29) is 6.04 Å². The number of hydrogen-bond acceptors (Lipinski definition) is 3. The molecule has 4 nitrogen and oxygen atoms in total. The molecule has 92 valence electrons. The summed E-state index contributed by atoms with van der Waals surface area (Å²) in [4.78, 5) is 0. The molecule has 0 aliphatic rings. The van der Waals surface area contributed by atoms with Gasteiger partial charge in [0.1, 0.15) is 5.76 Å². The van der Waals surface area contributed by atoms with E-state index in [1.165, 1.54) is 5.56 Å². The molecule has 2 aromatic rings. The van der Waals surface area contributed by atoms with Gasteiger partial charge in [-0.25, -0.2) is 0 Å². The molecule has 1 N–H and O–H groups in total. The fourth-order valence-electron chi connectivity index (χ4n) is 1.92. The van der Waals surface area contributed by atoms with Crippen LogP contribution in [0.25, 0.3) is 0 Å². The Morgan fingerprint density at radius 1 is 1.53 bits per heavy atom. The van der Waals surface area contributed by atoms with Crippen LogP contribution < -0.4 is 5.32 Å². The maximum absolute atomic E-state index is 5.59. The van der Waals surface area contributed by atoms with Gasteiger partial charge in [0.25, 0.3) is 0 Å². The smallest absolute Gasteiger partial charge is 0.128 e. The third-order valence-electron chi connectivity index (χ3n) is 2.82. The van der Waals surface area contributed by atoms with Crippen molar-refractivity contribution >= 4 is 0 Å². The summed E-state index contributed by atoms with van der Waals surface area (Å²) in [5.41, 5.74) is 2.31. The van der Waals surface area contributed by atoms with Gasteiger partial charge in [-0.05, 0) is 31.5 Å². The van der Waals surface area contributed by atoms with Gasteiger partial charge in [-0.15, -0.1) is 0 Å². The molecule has 0 aliphatic heterocycles. The molecule has 1 unspecified atom stereocenters. The predicted molar refractivity (Wildman–Crippen MR) is 66.8 cm³/mol. The summed E-state index contributed by atoms with van der Waals surface area (Å²) in [6.45, 7) is 5.18. The first-order chi connectivity index (χ1) is 8.22. The zero-order chi connectivity index (χ0) is 12.3. The predicted octanol–water partition coefficient (Wildman–Crippen LogP) is 2.41. The highest BCUT2D eigenvalue weighted by atomic mass is 16.3. The molecule has 0 saturated carbocycles. The van der Waals surface area contributed by atoms with Crippen LogP contribution in [0.15, 0.2) is 29.1 Å². The van der Waals surface area contributed by atoms with E-state index in [1.54, 1.807) is 6.26 Å². The van der Waals surface area contributed by atoms with Crippen molar-refractivity contribution < 1.29 is 4.42 Å². The molecule has 0 radical (unpaired) electrons. The van der Waals surface area contributed by atoms with Crippen LogP contribution in [0.5, 0.6) is 0 Å². The quantitative estimate of drug-likeness (QED) is 0.862. The average Bonchev–Trinajstić information content (AvgIpc) is 2.90. The Hall–Kier alpha value is -1.55. The fraction of sp³-hybridized carbons (Fsp3) is 0.462. The lowest BCUT2D eigenvalue weighted by Gasteiger charge is -2.15. The van der Waals surface area contributed by atoms with Crippen molar-refractivity contribution in [1.82, 2.24) is 15.1 Å². The minimum absolute atomic E-state index is 0.0960. The Morgan fingerprint density at radius 3 is 2.88 bits per heavy atom. The molecule has 2 aromatic heterocycles. The molecule has 17 heavy (non-hydrogen) atoms. The van der Waals surface area contributed by atoms with Crippen molar-refractivity contribution in [2.24, 2.45) is 7.05 Å². The van der Waals surface area contributed by atoms with Crippen molar-refractivity contribution in [1.29, 1.82) is 0 Å². The molecule has 2 rings (SSSR count). The number of rotatable bonds is 5. The van der Waals surface area contributed by atoms with E-state index in [9.17, 15) is 0 Å². The molecule has 0 aliphatic carbocycles. The van der Waals surface area contributed by atoms with E-state index in [0.717, 1.165) is 24.3 Å². The van der Waals surface area contributed by atoms with Gasteiger partial charge in [0.05, 0.1) is 18.5 Å². The number of aromatic nitrogens is 2. The minimum Gasteiger partial charge on any atom is -0.467 e. The summed E-state index contributed by atoms with van der Waals surface area (Å²) in [6, 6.07) is 2.09. The summed E-state index contributed by atoms with van der Waals surface area (Å²) >= 11 is 0. The minimum atomic E-state index is 0.0960. The third kappa shape index (κ3) is 2.58. The maximum atomic E-state index is 5.59. The first-order valence-corrected chi connectivity index (χ1v) is 5.98. The van der Waals surface area contributed by atoms with Crippen LogP contribution in [0.4, 0.5) is 0 Å². The largest absolute Gasteiger partial charge is 0.467 e. The molecular formula is C13H19N3O.